The van der Waals surface area contributed by atoms with Crippen molar-refractivity contribution in [3.8, 4) is 0 Å². The zero-order valence-corrected chi connectivity index (χ0v) is 13.0. The van der Waals surface area contributed by atoms with E-state index < -0.39 is 18.0 Å². The number of nitrogens with one attached hydrogen (secondary N) is 1. The third kappa shape index (κ3) is 12.3. The van der Waals surface area contributed by atoms with E-state index in [1.54, 1.807) is 0 Å². The van der Waals surface area contributed by atoms with E-state index in [2.05, 4.69) is 17.1 Å². The Morgan fingerprint density at radius 1 is 1.05 bits per heavy atom. The molecule has 0 rings (SSSR count). The summed E-state index contributed by atoms with van der Waals surface area (Å²) >= 11 is 0. The zero-order valence-electron chi connectivity index (χ0n) is 13.0. The summed E-state index contributed by atoms with van der Waals surface area (Å²) in [6, 6.07) is -0.630. The molecule has 0 bridgehead atoms. The minimum absolute atomic E-state index is 0.00825. The molecule has 0 aliphatic rings. The highest BCUT2D eigenvalue weighted by atomic mass is 17.1. The Bertz CT molecular complexity index is 283. The monoisotopic (exact) mass is 303 g/mol. The maximum atomic E-state index is 11.3. The third-order valence-corrected chi connectivity index (χ3v) is 3.43. The van der Waals surface area contributed by atoms with Crippen molar-refractivity contribution < 1.29 is 24.8 Å². The molecule has 0 aromatic carbocycles. The first-order valence-electron chi connectivity index (χ1n) is 7.92. The first-order valence-corrected chi connectivity index (χ1v) is 7.92. The molecule has 0 fully saturated rings. The summed E-state index contributed by atoms with van der Waals surface area (Å²) in [5, 5.41) is 20.0. The zero-order chi connectivity index (χ0) is 15.9. The smallest absolute Gasteiger partial charge is 0.358 e. The van der Waals surface area contributed by atoms with E-state index in [0.29, 0.717) is 19.4 Å². The minimum atomic E-state index is -0.891. The Morgan fingerprint density at radius 3 is 2.24 bits per heavy atom. The van der Waals surface area contributed by atoms with Crippen LogP contribution >= 0.6 is 0 Å². The molecule has 0 heterocycles. The lowest BCUT2D eigenvalue weighted by Gasteiger charge is -2.14. The molecule has 6 heteroatoms. The van der Waals surface area contributed by atoms with Crippen molar-refractivity contribution in [3.63, 3.8) is 0 Å². The largest absolute Gasteiger partial charge is 0.481 e. The summed E-state index contributed by atoms with van der Waals surface area (Å²) in [5.74, 6) is -1.64. The number of carbonyl (C=O) groups excluding carboxylic acids is 1. The maximum absolute atomic E-state index is 11.3. The van der Waals surface area contributed by atoms with Gasteiger partial charge >= 0.3 is 11.9 Å². The van der Waals surface area contributed by atoms with E-state index in [-0.39, 0.29) is 6.42 Å². The summed E-state index contributed by atoms with van der Waals surface area (Å²) < 4.78 is 0. The minimum Gasteiger partial charge on any atom is -0.481 e. The molecule has 3 N–H and O–H groups in total. The highest BCUT2D eigenvalue weighted by molar-refractivity contribution is 5.75. The molecule has 0 aromatic heterocycles. The van der Waals surface area contributed by atoms with Gasteiger partial charge in [0.2, 0.25) is 0 Å². The fourth-order valence-corrected chi connectivity index (χ4v) is 2.18. The van der Waals surface area contributed by atoms with Gasteiger partial charge in [0.25, 0.3) is 0 Å². The lowest BCUT2D eigenvalue weighted by molar-refractivity contribution is -0.236. The molecule has 0 radical (unpaired) electrons. The number of hydrogen-bond donors (Lipinski definition) is 3. The number of hydrogen-bond acceptors (Lipinski definition) is 5. The van der Waals surface area contributed by atoms with Gasteiger partial charge in [-0.3, -0.25) is 9.68 Å². The van der Waals surface area contributed by atoms with Crippen LogP contribution in [0.3, 0.4) is 0 Å². The van der Waals surface area contributed by atoms with Crippen LogP contribution in [-0.4, -0.2) is 34.9 Å². The van der Waals surface area contributed by atoms with Crippen molar-refractivity contribution in [1.82, 2.24) is 5.32 Å². The van der Waals surface area contributed by atoms with Crippen LogP contribution in [0.1, 0.15) is 71.1 Å². The van der Waals surface area contributed by atoms with Crippen LogP contribution in [0.15, 0.2) is 0 Å². The van der Waals surface area contributed by atoms with Crippen molar-refractivity contribution in [2.24, 2.45) is 0 Å². The summed E-state index contributed by atoms with van der Waals surface area (Å²) in [7, 11) is 0. The summed E-state index contributed by atoms with van der Waals surface area (Å²) in [6.07, 6.45) is 9.03. The highest BCUT2D eigenvalue weighted by Crippen LogP contribution is 2.07. The molecule has 1 atom stereocenters. The molecule has 0 saturated carbocycles. The molecular formula is C15H29NO5. The lowest BCUT2D eigenvalue weighted by atomic mass is 10.1. The van der Waals surface area contributed by atoms with Crippen molar-refractivity contribution in [2.75, 3.05) is 6.54 Å². The van der Waals surface area contributed by atoms with Crippen molar-refractivity contribution >= 4 is 11.9 Å². The SMILES string of the molecule is CCCCCCCCCNC(CCCC(=O)O)C(=O)OO. The number of rotatable bonds is 14. The Kier molecular flexibility index (Phi) is 13.1. The molecule has 0 aromatic rings. The van der Waals surface area contributed by atoms with E-state index in [1.165, 1.54) is 32.1 Å². The van der Waals surface area contributed by atoms with Gasteiger partial charge in [-0.1, -0.05) is 45.4 Å². The van der Waals surface area contributed by atoms with Gasteiger partial charge in [0, 0.05) is 6.42 Å². The molecule has 6 nitrogen and oxygen atoms in total. The standard InChI is InChI=1S/C15H29NO5/c1-2-3-4-5-6-7-8-12-16-13(15(19)21-20)10-9-11-14(17)18/h13,16,20H,2-12H2,1H3,(H,17,18). The van der Waals surface area contributed by atoms with E-state index in [0.717, 1.165) is 12.8 Å². The number of carboxylic acid groups (broad SMARTS) is 1. The molecule has 0 amide bonds. The van der Waals surface area contributed by atoms with Gasteiger partial charge in [-0.15, -0.1) is 0 Å². The van der Waals surface area contributed by atoms with Crippen LogP contribution in [0.5, 0.6) is 0 Å². The van der Waals surface area contributed by atoms with Gasteiger partial charge in [-0.2, -0.15) is 5.26 Å². The third-order valence-electron chi connectivity index (χ3n) is 3.43. The van der Waals surface area contributed by atoms with E-state index >= 15 is 0 Å². The molecule has 1 unspecified atom stereocenters. The number of unbranched alkanes of at least 4 members (excludes halogenated alkanes) is 6. The number of carboxylic acids is 1. The molecular weight excluding hydrogens is 274 g/mol. The van der Waals surface area contributed by atoms with Crippen molar-refractivity contribution in [1.29, 1.82) is 0 Å². The van der Waals surface area contributed by atoms with Gasteiger partial charge in [-0.25, -0.2) is 4.79 Å². The molecule has 0 spiro atoms. The maximum Gasteiger partial charge on any atom is 0.358 e. The fourth-order valence-electron chi connectivity index (χ4n) is 2.18. The van der Waals surface area contributed by atoms with Crippen LogP contribution < -0.4 is 5.32 Å². The molecule has 124 valence electrons. The Labute approximate surface area is 126 Å². The van der Waals surface area contributed by atoms with Gasteiger partial charge < -0.3 is 10.4 Å². The average Bonchev–Trinajstić information content (AvgIpc) is 2.47. The molecule has 21 heavy (non-hydrogen) atoms. The molecule has 0 saturated heterocycles. The first-order chi connectivity index (χ1) is 10.1. The number of aliphatic carboxylic acids is 1. The second kappa shape index (κ2) is 13.8. The van der Waals surface area contributed by atoms with Crippen LogP contribution in [0.25, 0.3) is 0 Å². The first kappa shape index (κ1) is 19.9. The van der Waals surface area contributed by atoms with Crippen molar-refractivity contribution in [2.45, 2.75) is 77.2 Å². The second-order valence-electron chi connectivity index (χ2n) is 5.32. The Morgan fingerprint density at radius 2 is 1.67 bits per heavy atom. The number of carbonyl (C=O) groups is 2. The van der Waals surface area contributed by atoms with E-state index in [1.807, 2.05) is 0 Å². The fraction of sp³-hybridized carbons (Fsp3) is 0.867. The van der Waals surface area contributed by atoms with Gasteiger partial charge in [0.05, 0.1) is 0 Å². The van der Waals surface area contributed by atoms with Crippen LogP contribution in [0.4, 0.5) is 0 Å². The summed E-state index contributed by atoms with van der Waals surface area (Å²) in [4.78, 5) is 25.5. The summed E-state index contributed by atoms with van der Waals surface area (Å²) in [6.45, 7) is 2.86. The Balaban J connectivity index is 3.71. The molecule has 0 aliphatic carbocycles. The van der Waals surface area contributed by atoms with Crippen LogP contribution in [0, 0.1) is 0 Å². The highest BCUT2D eigenvalue weighted by Gasteiger charge is 2.19. The normalized spacial score (nSPS) is 12.1. The van der Waals surface area contributed by atoms with Gasteiger partial charge in [-0.05, 0) is 25.8 Å². The van der Waals surface area contributed by atoms with Crippen molar-refractivity contribution in [3.05, 3.63) is 0 Å². The van der Waals surface area contributed by atoms with E-state index in [9.17, 15) is 9.59 Å². The van der Waals surface area contributed by atoms with Crippen LogP contribution in [-0.2, 0) is 14.5 Å². The second-order valence-corrected chi connectivity index (χ2v) is 5.32. The van der Waals surface area contributed by atoms with Gasteiger partial charge in [0.15, 0.2) is 0 Å². The summed E-state index contributed by atoms with van der Waals surface area (Å²) in [5.41, 5.74) is 0. The van der Waals surface area contributed by atoms with Gasteiger partial charge in [0.1, 0.15) is 6.04 Å². The Hall–Kier alpha value is -1.14. The lowest BCUT2D eigenvalue weighted by Crippen LogP contribution is -2.38. The predicted molar refractivity (Wildman–Crippen MR) is 80.0 cm³/mol. The van der Waals surface area contributed by atoms with Crippen LogP contribution in [0.2, 0.25) is 0 Å². The predicted octanol–water partition coefficient (Wildman–Crippen LogP) is 2.97. The average molecular weight is 303 g/mol. The van der Waals surface area contributed by atoms with E-state index in [4.69, 9.17) is 10.4 Å². The quantitative estimate of drug-likeness (QED) is 0.259. The molecule has 0 aliphatic heterocycles. The topological polar surface area (TPSA) is 95.9 Å².